The summed E-state index contributed by atoms with van der Waals surface area (Å²) in [7, 11) is -0.351. The van der Waals surface area contributed by atoms with Crippen LogP contribution >= 0.6 is 0 Å². The summed E-state index contributed by atoms with van der Waals surface area (Å²) < 4.78 is 30.7. The van der Waals surface area contributed by atoms with E-state index in [0.717, 1.165) is 11.0 Å². The molecule has 24 heavy (non-hydrogen) atoms. The van der Waals surface area contributed by atoms with Crippen LogP contribution in [0.25, 0.3) is 11.0 Å². The van der Waals surface area contributed by atoms with Crippen molar-refractivity contribution in [1.82, 2.24) is 19.6 Å². The van der Waals surface area contributed by atoms with Crippen molar-refractivity contribution in [2.45, 2.75) is 6.04 Å². The summed E-state index contributed by atoms with van der Waals surface area (Å²) in [6.07, 6.45) is 1.57. The zero-order valence-corrected chi connectivity index (χ0v) is 14.3. The van der Waals surface area contributed by atoms with E-state index in [1.165, 1.54) is 18.4 Å². The predicted molar refractivity (Wildman–Crippen MR) is 89.1 cm³/mol. The number of nitrogens with one attached hydrogen (secondary N) is 2. The fourth-order valence-electron chi connectivity index (χ4n) is 2.67. The molecule has 0 aliphatic carbocycles. The molecule has 0 unspecified atom stereocenters. The van der Waals surface area contributed by atoms with Crippen molar-refractivity contribution in [1.29, 1.82) is 0 Å². The average molecular weight is 352 g/mol. The molecule has 2 N–H and O–H groups in total. The molecule has 1 aliphatic rings. The molecule has 1 aromatic heterocycles. The van der Waals surface area contributed by atoms with Crippen LogP contribution in [0.2, 0.25) is 0 Å². The van der Waals surface area contributed by atoms with Crippen LogP contribution in [0.3, 0.4) is 0 Å². The molecule has 2 aromatic rings. The molecule has 1 amide bonds. The SMILES string of the molecule is CN(C)S(=O)(=O)C[C@@H]1COC[C@H]1NC(=O)c1ccc2nc[nH]c2c1. The fourth-order valence-corrected chi connectivity index (χ4v) is 3.84. The second kappa shape index (κ2) is 6.50. The molecule has 0 spiro atoms. The number of H-pyrrole nitrogens is 1. The summed E-state index contributed by atoms with van der Waals surface area (Å²) >= 11 is 0. The number of hydrogen-bond donors (Lipinski definition) is 2. The summed E-state index contributed by atoms with van der Waals surface area (Å²) in [6.45, 7) is 0.628. The van der Waals surface area contributed by atoms with Gasteiger partial charge < -0.3 is 15.0 Å². The summed E-state index contributed by atoms with van der Waals surface area (Å²) in [5, 5.41) is 2.88. The first-order valence-corrected chi connectivity index (χ1v) is 9.19. The normalized spacial score (nSPS) is 21.5. The first-order chi connectivity index (χ1) is 11.4. The highest BCUT2D eigenvalue weighted by Crippen LogP contribution is 2.18. The van der Waals surface area contributed by atoms with Gasteiger partial charge in [0, 0.05) is 25.6 Å². The van der Waals surface area contributed by atoms with Crippen LogP contribution in [0, 0.1) is 5.92 Å². The van der Waals surface area contributed by atoms with E-state index in [4.69, 9.17) is 4.74 Å². The number of rotatable bonds is 5. The van der Waals surface area contributed by atoms with E-state index in [1.54, 1.807) is 24.5 Å². The molecule has 1 aliphatic heterocycles. The molecule has 1 aromatic carbocycles. The van der Waals surface area contributed by atoms with Gasteiger partial charge in [0.25, 0.3) is 5.91 Å². The lowest BCUT2D eigenvalue weighted by molar-refractivity contribution is 0.0926. The van der Waals surface area contributed by atoms with Gasteiger partial charge in [0.15, 0.2) is 0 Å². The topological polar surface area (TPSA) is 104 Å². The van der Waals surface area contributed by atoms with Crippen molar-refractivity contribution in [3.05, 3.63) is 30.1 Å². The largest absolute Gasteiger partial charge is 0.379 e. The van der Waals surface area contributed by atoms with E-state index in [2.05, 4.69) is 15.3 Å². The summed E-state index contributed by atoms with van der Waals surface area (Å²) in [6, 6.07) is 4.85. The third-order valence-corrected chi connectivity index (χ3v) is 6.14. The van der Waals surface area contributed by atoms with Crippen molar-refractivity contribution in [3.8, 4) is 0 Å². The van der Waals surface area contributed by atoms with Crippen LogP contribution in [0.1, 0.15) is 10.4 Å². The number of nitrogens with zero attached hydrogens (tertiary/aromatic N) is 2. The van der Waals surface area contributed by atoms with Gasteiger partial charge in [0.2, 0.25) is 10.0 Å². The Morgan fingerprint density at radius 1 is 1.42 bits per heavy atom. The number of ether oxygens (including phenoxy) is 1. The predicted octanol–water partition coefficient (Wildman–Crippen LogP) is 0.199. The third kappa shape index (κ3) is 3.42. The number of imidazole rings is 1. The second-order valence-electron chi connectivity index (χ2n) is 6.07. The highest BCUT2D eigenvalue weighted by Gasteiger charge is 2.34. The van der Waals surface area contributed by atoms with Gasteiger partial charge >= 0.3 is 0 Å². The van der Waals surface area contributed by atoms with Gasteiger partial charge in [0.1, 0.15) is 0 Å². The Hall–Kier alpha value is -1.97. The molecule has 130 valence electrons. The number of benzene rings is 1. The molecule has 0 bridgehead atoms. The van der Waals surface area contributed by atoms with Crippen LogP contribution in [-0.2, 0) is 14.8 Å². The van der Waals surface area contributed by atoms with Crippen LogP contribution in [0.5, 0.6) is 0 Å². The monoisotopic (exact) mass is 352 g/mol. The number of carbonyl (C=O) groups excluding carboxylic acids is 1. The number of amides is 1. The Balaban J connectivity index is 1.70. The molecule has 0 saturated carbocycles. The minimum atomic E-state index is -3.35. The minimum Gasteiger partial charge on any atom is -0.379 e. The Morgan fingerprint density at radius 2 is 2.21 bits per heavy atom. The summed E-state index contributed by atoms with van der Waals surface area (Å²) in [4.78, 5) is 19.5. The number of aromatic amines is 1. The highest BCUT2D eigenvalue weighted by atomic mass is 32.2. The Morgan fingerprint density at radius 3 is 2.96 bits per heavy atom. The summed E-state index contributed by atoms with van der Waals surface area (Å²) in [5.41, 5.74) is 2.05. The van der Waals surface area contributed by atoms with Gasteiger partial charge in [-0.1, -0.05) is 0 Å². The zero-order valence-electron chi connectivity index (χ0n) is 13.5. The average Bonchev–Trinajstić information content (AvgIpc) is 3.15. The number of hydrogen-bond acceptors (Lipinski definition) is 5. The molecule has 2 heterocycles. The standard InChI is InChI=1S/C15H20N4O4S/c1-19(2)24(21,22)8-11-6-23-7-14(11)18-15(20)10-3-4-12-13(5-10)17-9-16-12/h3-5,9,11,14H,6-8H2,1-2H3,(H,16,17)(H,18,20)/t11-,14+/m0/s1. The molecular formula is C15H20N4O4S. The van der Waals surface area contributed by atoms with Gasteiger partial charge in [-0.25, -0.2) is 17.7 Å². The maximum atomic E-state index is 12.5. The highest BCUT2D eigenvalue weighted by molar-refractivity contribution is 7.89. The lowest BCUT2D eigenvalue weighted by Crippen LogP contribution is -2.43. The van der Waals surface area contributed by atoms with Crippen molar-refractivity contribution in [2.75, 3.05) is 33.1 Å². The maximum absolute atomic E-state index is 12.5. The van der Waals surface area contributed by atoms with Gasteiger partial charge in [-0.3, -0.25) is 4.79 Å². The molecule has 1 saturated heterocycles. The zero-order chi connectivity index (χ0) is 17.3. The van der Waals surface area contributed by atoms with E-state index >= 15 is 0 Å². The number of carbonyl (C=O) groups is 1. The molecular weight excluding hydrogens is 332 g/mol. The van der Waals surface area contributed by atoms with E-state index in [1.807, 2.05) is 0 Å². The van der Waals surface area contributed by atoms with E-state index < -0.39 is 10.0 Å². The molecule has 0 radical (unpaired) electrons. The molecule has 8 nitrogen and oxygen atoms in total. The van der Waals surface area contributed by atoms with Crippen LogP contribution in [-0.4, -0.2) is 67.7 Å². The number of fused-ring (bicyclic) bond motifs is 1. The van der Waals surface area contributed by atoms with Crippen molar-refractivity contribution in [2.24, 2.45) is 5.92 Å². The number of aromatic nitrogens is 2. The van der Waals surface area contributed by atoms with Crippen LogP contribution in [0.4, 0.5) is 0 Å². The van der Waals surface area contributed by atoms with Crippen LogP contribution in [0.15, 0.2) is 24.5 Å². The molecule has 2 atom stereocenters. The Labute approximate surface area is 140 Å². The lowest BCUT2D eigenvalue weighted by atomic mass is 10.1. The van der Waals surface area contributed by atoms with Gasteiger partial charge in [-0.15, -0.1) is 0 Å². The molecule has 1 fully saturated rings. The maximum Gasteiger partial charge on any atom is 0.251 e. The van der Waals surface area contributed by atoms with Gasteiger partial charge in [0.05, 0.1) is 42.4 Å². The Bertz CT molecular complexity index is 846. The van der Waals surface area contributed by atoms with E-state index in [-0.39, 0.29) is 23.6 Å². The minimum absolute atomic E-state index is 0.0511. The quantitative estimate of drug-likeness (QED) is 0.800. The van der Waals surface area contributed by atoms with E-state index in [0.29, 0.717) is 18.8 Å². The molecule has 9 heteroatoms. The fraction of sp³-hybridized carbons (Fsp3) is 0.467. The summed E-state index contributed by atoms with van der Waals surface area (Å²) in [5.74, 6) is -0.573. The van der Waals surface area contributed by atoms with Gasteiger partial charge in [-0.05, 0) is 18.2 Å². The third-order valence-electron chi connectivity index (χ3n) is 4.18. The second-order valence-corrected chi connectivity index (χ2v) is 8.30. The van der Waals surface area contributed by atoms with Crippen molar-refractivity contribution >= 4 is 27.0 Å². The first kappa shape index (κ1) is 16.9. The Kier molecular flexibility index (Phi) is 4.57. The van der Waals surface area contributed by atoms with Crippen molar-refractivity contribution < 1.29 is 17.9 Å². The molecule has 3 rings (SSSR count). The lowest BCUT2D eigenvalue weighted by Gasteiger charge is -2.21. The van der Waals surface area contributed by atoms with Gasteiger partial charge in [-0.2, -0.15) is 0 Å². The van der Waals surface area contributed by atoms with Crippen LogP contribution < -0.4 is 5.32 Å². The van der Waals surface area contributed by atoms with E-state index in [9.17, 15) is 13.2 Å². The van der Waals surface area contributed by atoms with Crippen molar-refractivity contribution in [3.63, 3.8) is 0 Å². The first-order valence-electron chi connectivity index (χ1n) is 7.59. The number of sulfonamides is 1. The smallest absolute Gasteiger partial charge is 0.251 e.